The average Bonchev–Trinajstić information content (AvgIpc) is 3.16. The van der Waals surface area contributed by atoms with Gasteiger partial charge in [-0.15, -0.1) is 0 Å². The van der Waals surface area contributed by atoms with Crippen molar-refractivity contribution in [1.82, 2.24) is 9.97 Å². The maximum atomic E-state index is 15.1. The second-order valence-electron chi connectivity index (χ2n) is 9.48. The Morgan fingerprint density at radius 2 is 1.97 bits per heavy atom. The summed E-state index contributed by atoms with van der Waals surface area (Å²) in [4.78, 5) is 23.8. The summed E-state index contributed by atoms with van der Waals surface area (Å²) in [5.74, 6) is -0.998. The smallest absolute Gasteiger partial charge is 0.305 e. The fourth-order valence-corrected chi connectivity index (χ4v) is 5.40. The average molecular weight is 523 g/mol. The second-order valence-corrected chi connectivity index (χ2v) is 9.88. The number of ether oxygens (including phenoxy) is 3. The third kappa shape index (κ3) is 5.44. The van der Waals surface area contributed by atoms with Gasteiger partial charge in [0.15, 0.2) is 5.82 Å². The number of carboxylic acid groups (broad SMARTS) is 1. The third-order valence-corrected chi connectivity index (χ3v) is 7.52. The van der Waals surface area contributed by atoms with Crippen molar-refractivity contribution in [3.8, 4) is 11.8 Å². The van der Waals surface area contributed by atoms with Crippen LogP contribution in [0.15, 0.2) is 24.5 Å². The molecule has 0 amide bonds. The minimum absolute atomic E-state index is 0.0232. The molecular formula is C25H32ClFN4O5. The lowest BCUT2D eigenvalue weighted by Gasteiger charge is -2.38. The highest BCUT2D eigenvalue weighted by Crippen LogP contribution is 2.36. The van der Waals surface area contributed by atoms with E-state index in [0.29, 0.717) is 42.6 Å². The molecule has 2 unspecified atom stereocenters. The first-order chi connectivity index (χ1) is 17.2. The quantitative estimate of drug-likeness (QED) is 0.553. The van der Waals surface area contributed by atoms with Crippen molar-refractivity contribution >= 4 is 28.9 Å². The van der Waals surface area contributed by atoms with Crippen LogP contribution in [0.1, 0.15) is 26.7 Å². The standard InChI is InChI=1S/C25H32ClFN4O5/c1-14-12-30(20-8-23(35-4)28-11-17(20)26)6-5-21(14)36-25-18(27)7-16(10-29-25)31-13-22(34-3)15(2)19(31)9-24(32)33/h7-8,10-11,14-15,19,21-22H,5-6,9,12-13H2,1-4H3,(H,32,33)/t14?,15-,19-,21?,22-/m0/s1. The number of nitrogens with zero attached hydrogens (tertiary/aromatic N) is 4. The summed E-state index contributed by atoms with van der Waals surface area (Å²) in [5, 5.41) is 9.90. The zero-order valence-electron chi connectivity index (χ0n) is 20.9. The Morgan fingerprint density at radius 3 is 2.61 bits per heavy atom. The molecule has 1 N–H and O–H groups in total. The van der Waals surface area contributed by atoms with Gasteiger partial charge in [0, 0.05) is 63.2 Å². The van der Waals surface area contributed by atoms with Crippen molar-refractivity contribution in [3.63, 3.8) is 0 Å². The number of pyridine rings is 2. The Morgan fingerprint density at radius 1 is 1.19 bits per heavy atom. The van der Waals surface area contributed by atoms with E-state index in [-0.39, 0.29) is 42.4 Å². The molecule has 5 atom stereocenters. The first kappa shape index (κ1) is 26.2. The van der Waals surface area contributed by atoms with Gasteiger partial charge in [-0.05, 0) is 0 Å². The summed E-state index contributed by atoms with van der Waals surface area (Å²) in [6.45, 7) is 5.80. The first-order valence-electron chi connectivity index (χ1n) is 12.0. The lowest BCUT2D eigenvalue weighted by atomic mass is 9.96. The third-order valence-electron chi connectivity index (χ3n) is 7.23. The normalized spacial score (nSPS) is 26.2. The van der Waals surface area contributed by atoms with E-state index in [4.69, 9.17) is 25.8 Å². The number of halogens is 2. The highest BCUT2D eigenvalue weighted by atomic mass is 35.5. The fraction of sp³-hybridized carbons (Fsp3) is 0.560. The van der Waals surface area contributed by atoms with Crippen molar-refractivity contribution < 1.29 is 28.5 Å². The molecule has 4 rings (SSSR count). The van der Waals surface area contributed by atoms with Crippen molar-refractivity contribution in [2.45, 2.75) is 44.9 Å². The van der Waals surface area contributed by atoms with E-state index < -0.39 is 11.8 Å². The molecular weight excluding hydrogens is 491 g/mol. The number of carbonyl (C=O) groups is 1. The van der Waals surface area contributed by atoms with Gasteiger partial charge in [-0.2, -0.15) is 0 Å². The molecule has 0 aromatic carbocycles. The lowest BCUT2D eigenvalue weighted by molar-refractivity contribution is -0.137. The Bertz CT molecular complexity index is 1090. The molecule has 2 saturated heterocycles. The van der Waals surface area contributed by atoms with Gasteiger partial charge < -0.3 is 29.1 Å². The van der Waals surface area contributed by atoms with E-state index in [0.717, 1.165) is 5.69 Å². The van der Waals surface area contributed by atoms with Crippen molar-refractivity contribution in [1.29, 1.82) is 0 Å². The molecule has 0 spiro atoms. The number of aromatic nitrogens is 2. The molecule has 9 nitrogen and oxygen atoms in total. The summed E-state index contributed by atoms with van der Waals surface area (Å²) < 4.78 is 31.9. The van der Waals surface area contributed by atoms with Crippen LogP contribution in [0.25, 0.3) is 0 Å². The largest absolute Gasteiger partial charge is 0.481 e. The van der Waals surface area contributed by atoms with Gasteiger partial charge >= 0.3 is 5.97 Å². The van der Waals surface area contributed by atoms with E-state index in [1.165, 1.54) is 6.07 Å². The molecule has 2 aliphatic rings. The number of hydrogen-bond donors (Lipinski definition) is 1. The van der Waals surface area contributed by atoms with Crippen LogP contribution < -0.4 is 19.3 Å². The molecule has 36 heavy (non-hydrogen) atoms. The molecule has 4 heterocycles. The van der Waals surface area contributed by atoms with Crippen LogP contribution in [0.2, 0.25) is 5.02 Å². The van der Waals surface area contributed by atoms with E-state index in [9.17, 15) is 9.90 Å². The summed E-state index contributed by atoms with van der Waals surface area (Å²) in [7, 11) is 3.16. The van der Waals surface area contributed by atoms with Crippen molar-refractivity contribution in [2.24, 2.45) is 11.8 Å². The number of methoxy groups -OCH3 is 2. The molecule has 2 fully saturated rings. The van der Waals surface area contributed by atoms with E-state index in [2.05, 4.69) is 14.9 Å². The van der Waals surface area contributed by atoms with E-state index in [1.807, 2.05) is 18.7 Å². The minimum Gasteiger partial charge on any atom is -0.481 e. The van der Waals surface area contributed by atoms with Crippen molar-refractivity contribution in [3.05, 3.63) is 35.4 Å². The van der Waals surface area contributed by atoms with Crippen LogP contribution in [0.3, 0.4) is 0 Å². The highest BCUT2D eigenvalue weighted by molar-refractivity contribution is 6.33. The van der Waals surface area contributed by atoms with Crippen LogP contribution in [0.4, 0.5) is 15.8 Å². The second kappa shape index (κ2) is 11.0. The first-order valence-corrected chi connectivity index (χ1v) is 12.4. The SMILES string of the molecule is COc1cc(N2CCC(Oc3ncc(N4C[C@H](OC)[C@@H](C)[C@@H]4CC(=O)O)cc3F)C(C)C2)c(Cl)cn1. The lowest BCUT2D eigenvalue weighted by Crippen LogP contribution is -2.44. The minimum atomic E-state index is -0.909. The Balaban J connectivity index is 1.44. The number of carboxylic acids is 1. The molecule has 2 aliphatic heterocycles. The van der Waals surface area contributed by atoms with Crippen LogP contribution >= 0.6 is 11.6 Å². The Labute approximate surface area is 215 Å². The molecule has 0 radical (unpaired) electrons. The molecule has 0 bridgehead atoms. The van der Waals surface area contributed by atoms with E-state index in [1.54, 1.807) is 32.7 Å². The number of rotatable bonds is 8. The van der Waals surface area contributed by atoms with Gasteiger partial charge in [0.25, 0.3) is 5.88 Å². The number of hydrogen-bond acceptors (Lipinski definition) is 8. The zero-order valence-corrected chi connectivity index (χ0v) is 21.6. The van der Waals surface area contributed by atoms with Gasteiger partial charge in [0.2, 0.25) is 5.88 Å². The maximum absolute atomic E-state index is 15.1. The van der Waals surface area contributed by atoms with Gasteiger partial charge in [0.05, 0.1) is 48.4 Å². The predicted molar refractivity (Wildman–Crippen MR) is 134 cm³/mol. The zero-order chi connectivity index (χ0) is 26.0. The molecule has 196 valence electrons. The van der Waals surface area contributed by atoms with Crippen molar-refractivity contribution in [2.75, 3.05) is 43.7 Å². The number of aliphatic carboxylic acids is 1. The fourth-order valence-electron chi connectivity index (χ4n) is 5.17. The monoisotopic (exact) mass is 522 g/mol. The summed E-state index contributed by atoms with van der Waals surface area (Å²) in [6, 6.07) is 2.86. The van der Waals surface area contributed by atoms with E-state index >= 15 is 4.39 Å². The Hall–Kier alpha value is -2.85. The number of anilines is 2. The van der Waals surface area contributed by atoms with Gasteiger partial charge in [-0.1, -0.05) is 25.4 Å². The molecule has 0 saturated carbocycles. The predicted octanol–water partition coefficient (Wildman–Crippen LogP) is 3.89. The molecule has 2 aromatic rings. The summed E-state index contributed by atoms with van der Waals surface area (Å²) >= 11 is 6.36. The van der Waals surface area contributed by atoms with Gasteiger partial charge in [-0.3, -0.25) is 4.79 Å². The molecule has 0 aliphatic carbocycles. The Kier molecular flexibility index (Phi) is 8.04. The summed E-state index contributed by atoms with van der Waals surface area (Å²) in [5.41, 5.74) is 1.36. The number of piperidine rings is 1. The topological polar surface area (TPSA) is 97.2 Å². The van der Waals surface area contributed by atoms with Gasteiger partial charge in [-0.25, -0.2) is 14.4 Å². The molecule has 2 aromatic heterocycles. The summed E-state index contributed by atoms with van der Waals surface area (Å²) in [6.07, 6.45) is 3.34. The van der Waals surface area contributed by atoms with Gasteiger partial charge in [0.1, 0.15) is 6.10 Å². The van der Waals surface area contributed by atoms with Crippen LogP contribution in [0.5, 0.6) is 11.8 Å². The van der Waals surface area contributed by atoms with Crippen LogP contribution in [-0.4, -0.2) is 73.1 Å². The van der Waals surface area contributed by atoms with Crippen LogP contribution in [-0.2, 0) is 9.53 Å². The molecule has 11 heteroatoms. The van der Waals surface area contributed by atoms with Crippen LogP contribution in [0, 0.1) is 17.7 Å². The highest BCUT2D eigenvalue weighted by Gasteiger charge is 2.41. The maximum Gasteiger partial charge on any atom is 0.305 e.